The normalized spacial score (nSPS) is 23.8. The minimum absolute atomic E-state index is 0. The Morgan fingerprint density at radius 1 is 1.35 bits per heavy atom. The van der Waals surface area contributed by atoms with Gasteiger partial charge in [0.05, 0.1) is 24.0 Å². The summed E-state index contributed by atoms with van der Waals surface area (Å²) < 4.78 is 1.67. The molecule has 23 heavy (non-hydrogen) atoms. The number of amides is 1. The molecule has 1 fully saturated rings. The number of nitrogens with zero attached hydrogens (tertiary/aromatic N) is 3. The highest BCUT2D eigenvalue weighted by atomic mass is 35.5. The Kier molecular flexibility index (Phi) is 5.38. The lowest BCUT2D eigenvalue weighted by Gasteiger charge is -2.37. The molecule has 0 spiro atoms. The number of nitrogens with one attached hydrogen (secondary N) is 1. The van der Waals surface area contributed by atoms with Crippen LogP contribution in [0.1, 0.15) is 32.6 Å². The second-order valence-corrected chi connectivity index (χ2v) is 6.19. The summed E-state index contributed by atoms with van der Waals surface area (Å²) in [6, 6.07) is 7.52. The molecule has 0 aliphatic heterocycles. The molecule has 2 atom stereocenters. The average Bonchev–Trinajstić information content (AvgIpc) is 3.01. The predicted octanol–water partition coefficient (Wildman–Crippen LogP) is 2.54. The Labute approximate surface area is 141 Å². The topological polar surface area (TPSA) is 85.8 Å². The molecule has 1 aliphatic carbocycles. The van der Waals surface area contributed by atoms with E-state index in [2.05, 4.69) is 15.6 Å². The van der Waals surface area contributed by atoms with E-state index in [0.29, 0.717) is 0 Å². The summed E-state index contributed by atoms with van der Waals surface area (Å²) in [4.78, 5) is 12.5. The highest BCUT2D eigenvalue weighted by Crippen LogP contribution is 2.32. The standard InChI is InChI=1S/C16H21N5O.ClH/c1-16(17)9-3-2-4-14(16)15(22)19-12-5-7-13(8-6-12)21-11-10-18-20-21;/h5-8,10-11,14H,2-4,9,17H2,1H3,(H,19,22);1H. The van der Waals surface area contributed by atoms with Gasteiger partial charge in [0.2, 0.25) is 5.91 Å². The lowest BCUT2D eigenvalue weighted by molar-refractivity contribution is -0.122. The van der Waals surface area contributed by atoms with Gasteiger partial charge >= 0.3 is 0 Å². The van der Waals surface area contributed by atoms with Crippen LogP contribution in [0.3, 0.4) is 0 Å². The van der Waals surface area contributed by atoms with Crippen LogP contribution < -0.4 is 11.1 Å². The molecule has 2 unspecified atom stereocenters. The third kappa shape index (κ3) is 3.89. The van der Waals surface area contributed by atoms with Crippen molar-refractivity contribution in [1.82, 2.24) is 15.0 Å². The Morgan fingerprint density at radius 2 is 2.09 bits per heavy atom. The van der Waals surface area contributed by atoms with Gasteiger partial charge in [0, 0.05) is 11.2 Å². The quantitative estimate of drug-likeness (QED) is 0.902. The smallest absolute Gasteiger partial charge is 0.229 e. The first kappa shape index (κ1) is 17.4. The number of benzene rings is 1. The number of carbonyl (C=O) groups excluding carboxylic acids is 1. The first-order valence-electron chi connectivity index (χ1n) is 7.63. The van der Waals surface area contributed by atoms with Crippen LogP contribution in [0.5, 0.6) is 0 Å². The molecular formula is C16H22ClN5O. The van der Waals surface area contributed by atoms with Crippen molar-refractivity contribution in [2.75, 3.05) is 5.32 Å². The van der Waals surface area contributed by atoms with Crippen LogP contribution in [0.15, 0.2) is 36.7 Å². The molecule has 3 N–H and O–H groups in total. The lowest BCUT2D eigenvalue weighted by atomic mass is 9.74. The summed E-state index contributed by atoms with van der Waals surface area (Å²) in [5.41, 5.74) is 7.55. The first-order chi connectivity index (χ1) is 10.6. The first-order valence-corrected chi connectivity index (χ1v) is 7.63. The Balaban J connectivity index is 0.00000192. The average molecular weight is 336 g/mol. The fourth-order valence-corrected chi connectivity index (χ4v) is 3.06. The molecule has 3 rings (SSSR count). The summed E-state index contributed by atoms with van der Waals surface area (Å²) in [6.45, 7) is 1.98. The molecule has 7 heteroatoms. The minimum Gasteiger partial charge on any atom is -0.326 e. The fraction of sp³-hybridized carbons (Fsp3) is 0.438. The van der Waals surface area contributed by atoms with Crippen LogP contribution >= 0.6 is 12.4 Å². The lowest BCUT2D eigenvalue weighted by Crippen LogP contribution is -2.51. The van der Waals surface area contributed by atoms with Crippen molar-refractivity contribution in [2.45, 2.75) is 38.1 Å². The van der Waals surface area contributed by atoms with Crippen LogP contribution in [-0.2, 0) is 4.79 Å². The maximum absolute atomic E-state index is 12.5. The molecule has 0 saturated heterocycles. The molecule has 6 nitrogen and oxygen atoms in total. The molecule has 2 aromatic rings. The second-order valence-electron chi connectivity index (χ2n) is 6.19. The van der Waals surface area contributed by atoms with Gasteiger partial charge < -0.3 is 11.1 Å². The van der Waals surface area contributed by atoms with Gasteiger partial charge in [-0.05, 0) is 44.0 Å². The number of rotatable bonds is 3. The van der Waals surface area contributed by atoms with Crippen molar-refractivity contribution in [3.05, 3.63) is 36.7 Å². The van der Waals surface area contributed by atoms with Crippen LogP contribution in [0.25, 0.3) is 5.69 Å². The molecule has 124 valence electrons. The summed E-state index contributed by atoms with van der Waals surface area (Å²) in [5, 5.41) is 10.7. The van der Waals surface area contributed by atoms with Crippen molar-refractivity contribution in [1.29, 1.82) is 0 Å². The van der Waals surface area contributed by atoms with E-state index < -0.39 is 5.54 Å². The van der Waals surface area contributed by atoms with Gasteiger partial charge in [0.15, 0.2) is 0 Å². The molecule has 1 aromatic heterocycles. The fourth-order valence-electron chi connectivity index (χ4n) is 3.06. The number of carbonyl (C=O) groups is 1. The molecule has 1 heterocycles. The molecule has 0 radical (unpaired) electrons. The van der Waals surface area contributed by atoms with Crippen LogP contribution in [-0.4, -0.2) is 26.4 Å². The van der Waals surface area contributed by atoms with Crippen molar-refractivity contribution < 1.29 is 4.79 Å². The van der Waals surface area contributed by atoms with Crippen molar-refractivity contribution >= 4 is 24.0 Å². The van der Waals surface area contributed by atoms with Gasteiger partial charge in [0.1, 0.15) is 0 Å². The van der Waals surface area contributed by atoms with E-state index in [1.54, 1.807) is 17.1 Å². The van der Waals surface area contributed by atoms with Gasteiger partial charge in [-0.25, -0.2) is 4.68 Å². The van der Waals surface area contributed by atoms with Crippen LogP contribution in [0.4, 0.5) is 5.69 Å². The molecule has 0 bridgehead atoms. The van der Waals surface area contributed by atoms with Crippen molar-refractivity contribution in [3.8, 4) is 5.69 Å². The number of nitrogens with two attached hydrogens (primary N) is 1. The largest absolute Gasteiger partial charge is 0.326 e. The number of anilines is 1. The van der Waals surface area contributed by atoms with Gasteiger partial charge in [-0.1, -0.05) is 18.1 Å². The number of aromatic nitrogens is 3. The van der Waals surface area contributed by atoms with E-state index in [0.717, 1.165) is 37.1 Å². The molecule has 1 saturated carbocycles. The predicted molar refractivity (Wildman–Crippen MR) is 91.8 cm³/mol. The van der Waals surface area contributed by atoms with E-state index in [9.17, 15) is 4.79 Å². The number of halogens is 1. The maximum Gasteiger partial charge on any atom is 0.229 e. The van der Waals surface area contributed by atoms with Crippen molar-refractivity contribution in [2.24, 2.45) is 11.7 Å². The second kappa shape index (κ2) is 7.10. The third-order valence-corrected chi connectivity index (χ3v) is 4.39. The van der Waals surface area contributed by atoms with E-state index in [4.69, 9.17) is 5.73 Å². The summed E-state index contributed by atoms with van der Waals surface area (Å²) >= 11 is 0. The van der Waals surface area contributed by atoms with Gasteiger partial charge in [-0.15, -0.1) is 17.5 Å². The Morgan fingerprint density at radius 3 is 2.70 bits per heavy atom. The van der Waals surface area contributed by atoms with Crippen LogP contribution in [0, 0.1) is 5.92 Å². The number of hydrogen-bond acceptors (Lipinski definition) is 4. The summed E-state index contributed by atoms with van der Waals surface area (Å²) in [7, 11) is 0. The molecule has 1 amide bonds. The van der Waals surface area contributed by atoms with Gasteiger partial charge in [-0.2, -0.15) is 0 Å². The molecular weight excluding hydrogens is 314 g/mol. The van der Waals surface area contributed by atoms with E-state index in [-0.39, 0.29) is 24.2 Å². The van der Waals surface area contributed by atoms with E-state index in [1.165, 1.54) is 0 Å². The highest BCUT2D eigenvalue weighted by molar-refractivity contribution is 5.93. The number of hydrogen-bond donors (Lipinski definition) is 2. The Bertz CT molecular complexity index is 639. The van der Waals surface area contributed by atoms with Crippen molar-refractivity contribution in [3.63, 3.8) is 0 Å². The molecule has 1 aliphatic rings. The SMILES string of the molecule is CC1(N)CCCCC1C(=O)Nc1ccc(-n2ccnn2)cc1.Cl. The van der Waals surface area contributed by atoms with Gasteiger partial charge in [0.25, 0.3) is 0 Å². The van der Waals surface area contributed by atoms with E-state index in [1.807, 2.05) is 31.2 Å². The van der Waals surface area contributed by atoms with Crippen LogP contribution in [0.2, 0.25) is 0 Å². The van der Waals surface area contributed by atoms with Gasteiger partial charge in [-0.3, -0.25) is 4.79 Å². The summed E-state index contributed by atoms with van der Waals surface area (Å²) in [6.07, 6.45) is 7.32. The zero-order valence-corrected chi connectivity index (χ0v) is 13.9. The molecule has 1 aromatic carbocycles. The zero-order chi connectivity index (χ0) is 15.6. The zero-order valence-electron chi connectivity index (χ0n) is 13.1. The third-order valence-electron chi connectivity index (χ3n) is 4.39. The highest BCUT2D eigenvalue weighted by Gasteiger charge is 2.37. The monoisotopic (exact) mass is 335 g/mol. The summed E-state index contributed by atoms with van der Waals surface area (Å²) in [5.74, 6) is -0.116. The van der Waals surface area contributed by atoms with E-state index >= 15 is 0 Å². The minimum atomic E-state index is -0.414. The maximum atomic E-state index is 12.5. The Hall–Kier alpha value is -1.92.